The Balaban J connectivity index is 2.62. The lowest BCUT2D eigenvalue weighted by molar-refractivity contribution is -0.431. The van der Waals surface area contributed by atoms with E-state index in [1.807, 2.05) is 0 Å². The molecule has 6 heteroatoms. The lowest BCUT2D eigenvalue weighted by atomic mass is 10.6. The maximum Gasteiger partial charge on any atom is 0.336 e. The molecule has 0 bridgehead atoms. The van der Waals surface area contributed by atoms with E-state index >= 15 is 0 Å². The van der Waals surface area contributed by atoms with E-state index in [9.17, 15) is 10.1 Å². The second-order valence-corrected chi connectivity index (χ2v) is 1.97. The minimum atomic E-state index is -0.549. The molecular weight excluding hydrogens is 158 g/mol. The van der Waals surface area contributed by atoms with E-state index in [1.165, 1.54) is 12.4 Å². The average molecular weight is 162 g/mol. The third-order valence-corrected chi connectivity index (χ3v) is 1.11. The van der Waals surface area contributed by atoms with E-state index < -0.39 is 4.92 Å². The molecule has 54 valence electrons. The van der Waals surface area contributed by atoms with Crippen molar-refractivity contribution in [2.75, 3.05) is 0 Å². The number of hydrogen-bond donors (Lipinski definition) is 2. The van der Waals surface area contributed by atoms with Crippen molar-refractivity contribution in [2.24, 2.45) is 0 Å². The predicted octanol–water partition coefficient (Wildman–Crippen LogP) is 0.292. The van der Waals surface area contributed by atoms with Crippen LogP contribution in [0.2, 0.25) is 0 Å². The van der Waals surface area contributed by atoms with Crippen molar-refractivity contribution >= 4 is 11.6 Å². The smallest absolute Gasteiger partial charge is 0.336 e. The summed E-state index contributed by atoms with van der Waals surface area (Å²) in [4.78, 5) is 9.47. The molecule has 1 heterocycles. The molecule has 0 saturated carbocycles. The van der Waals surface area contributed by atoms with Gasteiger partial charge in [-0.15, -0.1) is 0 Å². The van der Waals surface area contributed by atoms with Gasteiger partial charge < -0.3 is 15.4 Å². The number of nitrogens with zero attached hydrogens (tertiary/aromatic N) is 1. The molecule has 2 N–H and O–H groups in total. The molecular formula is C4H4ClN3O2. The molecule has 0 radical (unpaired) electrons. The van der Waals surface area contributed by atoms with Gasteiger partial charge in [0, 0.05) is 0 Å². The highest BCUT2D eigenvalue weighted by atomic mass is 35.5. The first-order chi connectivity index (χ1) is 4.70. The standard InChI is InChI=1S/C4H4ClN3O2/c5-3-1-7-4(2-6-3)8(9)10/h1-2,6-7H. The summed E-state index contributed by atoms with van der Waals surface area (Å²) in [6.45, 7) is 0. The van der Waals surface area contributed by atoms with Crippen molar-refractivity contribution in [1.29, 1.82) is 0 Å². The molecule has 0 amide bonds. The lowest BCUT2D eigenvalue weighted by Gasteiger charge is -2.05. The van der Waals surface area contributed by atoms with E-state index in [4.69, 9.17) is 11.6 Å². The fraction of sp³-hybridized carbons (Fsp3) is 0. The van der Waals surface area contributed by atoms with Crippen LogP contribution in [-0.2, 0) is 0 Å². The summed E-state index contributed by atoms with van der Waals surface area (Å²) >= 11 is 5.41. The molecule has 0 aromatic carbocycles. The highest BCUT2D eigenvalue weighted by Crippen LogP contribution is 2.01. The Bertz CT molecular complexity index is 223. The van der Waals surface area contributed by atoms with Gasteiger partial charge in [0.2, 0.25) is 0 Å². The van der Waals surface area contributed by atoms with Crippen molar-refractivity contribution in [3.05, 3.63) is 33.5 Å². The molecule has 0 aromatic rings. The van der Waals surface area contributed by atoms with Crippen LogP contribution in [0.15, 0.2) is 23.4 Å². The van der Waals surface area contributed by atoms with E-state index in [0.717, 1.165) is 0 Å². The summed E-state index contributed by atoms with van der Waals surface area (Å²) in [6.07, 6.45) is 2.49. The zero-order chi connectivity index (χ0) is 7.56. The zero-order valence-electron chi connectivity index (χ0n) is 4.80. The molecule has 0 spiro atoms. The maximum absolute atomic E-state index is 10.0. The normalized spacial score (nSPS) is 16.1. The highest BCUT2D eigenvalue weighted by molar-refractivity contribution is 6.29. The number of nitrogens with one attached hydrogen (secondary N) is 2. The number of hydrogen-bond acceptors (Lipinski definition) is 4. The van der Waals surface area contributed by atoms with Crippen LogP contribution in [0.4, 0.5) is 0 Å². The van der Waals surface area contributed by atoms with Crippen molar-refractivity contribution in [3.8, 4) is 0 Å². The van der Waals surface area contributed by atoms with Gasteiger partial charge in [0.1, 0.15) is 11.4 Å². The van der Waals surface area contributed by atoms with Crippen LogP contribution in [-0.4, -0.2) is 4.92 Å². The number of halogens is 1. The van der Waals surface area contributed by atoms with Gasteiger partial charge in [0.15, 0.2) is 0 Å². The Morgan fingerprint density at radius 1 is 1.50 bits per heavy atom. The first kappa shape index (κ1) is 6.88. The van der Waals surface area contributed by atoms with Gasteiger partial charge in [-0.1, -0.05) is 11.6 Å². The van der Waals surface area contributed by atoms with Crippen LogP contribution in [0, 0.1) is 10.1 Å². The van der Waals surface area contributed by atoms with Crippen molar-refractivity contribution in [1.82, 2.24) is 10.6 Å². The fourth-order valence-corrected chi connectivity index (χ4v) is 0.572. The van der Waals surface area contributed by atoms with Crippen LogP contribution in [0.3, 0.4) is 0 Å². The summed E-state index contributed by atoms with van der Waals surface area (Å²) < 4.78 is 0. The summed E-state index contributed by atoms with van der Waals surface area (Å²) in [5, 5.41) is 15.2. The largest absolute Gasteiger partial charge is 0.358 e. The first-order valence-electron chi connectivity index (χ1n) is 2.43. The monoisotopic (exact) mass is 161 g/mol. The van der Waals surface area contributed by atoms with Crippen molar-refractivity contribution < 1.29 is 4.92 Å². The van der Waals surface area contributed by atoms with Crippen LogP contribution < -0.4 is 10.6 Å². The molecule has 0 aliphatic carbocycles. The quantitative estimate of drug-likeness (QED) is 0.330. The lowest BCUT2D eigenvalue weighted by Crippen LogP contribution is -2.22. The molecule has 10 heavy (non-hydrogen) atoms. The molecule has 1 rings (SSSR count). The number of nitro groups is 1. The van der Waals surface area contributed by atoms with E-state index in [0.29, 0.717) is 5.16 Å². The molecule has 0 saturated heterocycles. The molecule has 0 unspecified atom stereocenters. The van der Waals surface area contributed by atoms with Crippen molar-refractivity contribution in [2.45, 2.75) is 0 Å². The summed E-state index contributed by atoms with van der Waals surface area (Å²) in [6, 6.07) is 0. The van der Waals surface area contributed by atoms with Crippen molar-refractivity contribution in [3.63, 3.8) is 0 Å². The van der Waals surface area contributed by atoms with Gasteiger partial charge in [0.05, 0.1) is 6.20 Å². The molecule has 5 nitrogen and oxygen atoms in total. The molecule has 0 aromatic heterocycles. The third kappa shape index (κ3) is 1.38. The predicted molar refractivity (Wildman–Crippen MR) is 35.3 cm³/mol. The van der Waals surface area contributed by atoms with E-state index in [1.54, 1.807) is 0 Å². The fourth-order valence-electron chi connectivity index (χ4n) is 0.463. The minimum absolute atomic E-state index is 0.121. The summed E-state index contributed by atoms with van der Waals surface area (Å²) in [7, 11) is 0. The maximum atomic E-state index is 10.0. The van der Waals surface area contributed by atoms with Gasteiger partial charge in [-0.05, 0) is 4.92 Å². The Morgan fingerprint density at radius 2 is 2.20 bits per heavy atom. The van der Waals surface area contributed by atoms with Crippen LogP contribution in [0.25, 0.3) is 0 Å². The third-order valence-electron chi connectivity index (χ3n) is 0.890. The second kappa shape index (κ2) is 2.57. The van der Waals surface area contributed by atoms with Crippen LogP contribution in [0.1, 0.15) is 0 Å². The topological polar surface area (TPSA) is 67.2 Å². The van der Waals surface area contributed by atoms with Gasteiger partial charge in [-0.25, -0.2) is 5.32 Å². The Labute approximate surface area is 61.5 Å². The SMILES string of the molecule is O=[N+]([O-])C1=CNC(Cl)=CN1. The average Bonchev–Trinajstić information content (AvgIpc) is 1.88. The van der Waals surface area contributed by atoms with Gasteiger partial charge in [0.25, 0.3) is 0 Å². The molecule has 1 aliphatic heterocycles. The number of rotatable bonds is 1. The van der Waals surface area contributed by atoms with Gasteiger partial charge in [-0.2, -0.15) is 0 Å². The highest BCUT2D eigenvalue weighted by Gasteiger charge is 2.10. The molecule has 0 fully saturated rings. The summed E-state index contributed by atoms with van der Waals surface area (Å²) in [5.41, 5.74) is 0. The minimum Gasteiger partial charge on any atom is -0.358 e. The Morgan fingerprint density at radius 3 is 2.60 bits per heavy atom. The second-order valence-electron chi connectivity index (χ2n) is 1.57. The first-order valence-corrected chi connectivity index (χ1v) is 2.81. The van der Waals surface area contributed by atoms with Crippen LogP contribution >= 0.6 is 11.6 Å². The summed E-state index contributed by atoms with van der Waals surface area (Å²) in [5.74, 6) is -0.121. The van der Waals surface area contributed by atoms with E-state index in [2.05, 4.69) is 10.6 Å². The van der Waals surface area contributed by atoms with Gasteiger partial charge in [-0.3, -0.25) is 0 Å². The Hall–Kier alpha value is -1.23. The molecule has 1 aliphatic rings. The zero-order valence-corrected chi connectivity index (χ0v) is 5.55. The van der Waals surface area contributed by atoms with E-state index in [-0.39, 0.29) is 5.82 Å². The van der Waals surface area contributed by atoms with Crippen LogP contribution in [0.5, 0.6) is 0 Å². The molecule has 0 atom stereocenters. The van der Waals surface area contributed by atoms with Gasteiger partial charge >= 0.3 is 5.82 Å². The Kier molecular flexibility index (Phi) is 1.77.